The summed E-state index contributed by atoms with van der Waals surface area (Å²) in [6.07, 6.45) is -8.14. The lowest BCUT2D eigenvalue weighted by Gasteiger charge is -2.32. The van der Waals surface area contributed by atoms with Crippen LogP contribution in [0.1, 0.15) is 34.7 Å². The van der Waals surface area contributed by atoms with Crippen LogP contribution in [0, 0.1) is 0 Å². The Balaban J connectivity index is 2.03. The molecule has 2 nitrogen and oxygen atoms in total. The average Bonchev–Trinajstić information content (AvgIpc) is 2.91. The van der Waals surface area contributed by atoms with Crippen molar-refractivity contribution in [2.75, 3.05) is 26.2 Å². The highest BCUT2D eigenvalue weighted by Gasteiger charge is 2.33. The van der Waals surface area contributed by atoms with Crippen LogP contribution in [0.15, 0.2) is 48.5 Å². The standard InChI is InChI=1S/C20H20F6N2/c21-19(22,23)16-7-5-14(6-8-16)18(28-11-2-9-27-10-12-28)15-3-1-4-17(13-15)20(24,25)26/h1,3-8,13,18,27H,2,9-12H2. The quantitative estimate of drug-likeness (QED) is 0.718. The van der Waals surface area contributed by atoms with E-state index in [4.69, 9.17) is 0 Å². The second kappa shape index (κ2) is 8.13. The molecule has 1 saturated heterocycles. The summed E-state index contributed by atoms with van der Waals surface area (Å²) < 4.78 is 78.2. The molecule has 0 aliphatic carbocycles. The molecule has 8 heteroatoms. The Kier molecular flexibility index (Phi) is 6.00. The van der Waals surface area contributed by atoms with E-state index in [-0.39, 0.29) is 0 Å². The van der Waals surface area contributed by atoms with E-state index in [1.807, 2.05) is 4.90 Å². The Morgan fingerprint density at radius 2 is 1.43 bits per heavy atom. The SMILES string of the molecule is FC(F)(F)c1ccc(C(c2cccc(C(F)(F)F)c2)N2CCCNCC2)cc1. The molecule has 0 saturated carbocycles. The summed E-state index contributed by atoms with van der Waals surface area (Å²) in [5.41, 5.74) is -0.600. The van der Waals surface area contributed by atoms with Gasteiger partial charge in [0.05, 0.1) is 17.2 Å². The Bertz CT molecular complexity index is 775. The van der Waals surface area contributed by atoms with Crippen molar-refractivity contribution in [3.63, 3.8) is 0 Å². The summed E-state index contributed by atoms with van der Waals surface area (Å²) in [5.74, 6) is 0. The van der Waals surface area contributed by atoms with Gasteiger partial charge in [0, 0.05) is 19.6 Å². The van der Waals surface area contributed by atoms with E-state index >= 15 is 0 Å². The molecule has 0 spiro atoms. The number of nitrogens with one attached hydrogen (secondary N) is 1. The molecule has 28 heavy (non-hydrogen) atoms. The van der Waals surface area contributed by atoms with Crippen LogP contribution in [0.3, 0.4) is 0 Å². The van der Waals surface area contributed by atoms with Gasteiger partial charge in [0.25, 0.3) is 0 Å². The smallest absolute Gasteiger partial charge is 0.315 e. The number of halogens is 6. The zero-order chi connectivity index (χ0) is 20.4. The third-order valence-electron chi connectivity index (χ3n) is 4.82. The van der Waals surface area contributed by atoms with Crippen molar-refractivity contribution in [2.45, 2.75) is 24.8 Å². The highest BCUT2D eigenvalue weighted by atomic mass is 19.4. The minimum absolute atomic E-state index is 0.413. The third-order valence-corrected chi connectivity index (χ3v) is 4.82. The van der Waals surface area contributed by atoms with Crippen molar-refractivity contribution in [2.24, 2.45) is 0 Å². The van der Waals surface area contributed by atoms with Crippen molar-refractivity contribution in [3.05, 3.63) is 70.8 Å². The summed E-state index contributed by atoms with van der Waals surface area (Å²) in [7, 11) is 0. The lowest BCUT2D eigenvalue weighted by Crippen LogP contribution is -2.33. The van der Waals surface area contributed by atoms with Crippen molar-refractivity contribution in [1.29, 1.82) is 0 Å². The fourth-order valence-electron chi connectivity index (χ4n) is 3.48. The van der Waals surface area contributed by atoms with Gasteiger partial charge in [-0.3, -0.25) is 4.90 Å². The molecular formula is C20H20F6N2. The molecule has 152 valence electrons. The van der Waals surface area contributed by atoms with E-state index < -0.39 is 29.5 Å². The van der Waals surface area contributed by atoms with E-state index in [9.17, 15) is 26.3 Å². The van der Waals surface area contributed by atoms with Crippen LogP contribution in [-0.4, -0.2) is 31.1 Å². The number of hydrogen-bond donors (Lipinski definition) is 1. The molecule has 1 atom stereocenters. The second-order valence-corrected chi connectivity index (χ2v) is 6.79. The largest absolute Gasteiger partial charge is 0.416 e. The first-order valence-electron chi connectivity index (χ1n) is 8.95. The highest BCUT2D eigenvalue weighted by Crippen LogP contribution is 2.36. The van der Waals surface area contributed by atoms with Gasteiger partial charge in [-0.1, -0.05) is 24.3 Å². The molecular weight excluding hydrogens is 382 g/mol. The summed E-state index contributed by atoms with van der Waals surface area (Å²) in [4.78, 5) is 2.01. The van der Waals surface area contributed by atoms with Crippen LogP contribution in [0.2, 0.25) is 0 Å². The molecule has 1 aliphatic heterocycles. The normalized spacial score (nSPS) is 17.9. The number of alkyl halides is 6. The van der Waals surface area contributed by atoms with Crippen LogP contribution in [0.4, 0.5) is 26.3 Å². The number of rotatable bonds is 3. The maximum absolute atomic E-state index is 13.2. The Hall–Kier alpha value is -2.06. The van der Waals surface area contributed by atoms with Gasteiger partial charge >= 0.3 is 12.4 Å². The zero-order valence-corrected chi connectivity index (χ0v) is 14.9. The maximum atomic E-state index is 13.2. The predicted octanol–water partition coefficient (Wildman–Crippen LogP) is 5.11. The molecule has 0 amide bonds. The second-order valence-electron chi connectivity index (χ2n) is 6.79. The van der Waals surface area contributed by atoms with Gasteiger partial charge in [-0.05, 0) is 48.4 Å². The first-order valence-corrected chi connectivity index (χ1v) is 8.95. The Labute approximate surface area is 159 Å². The van der Waals surface area contributed by atoms with Crippen molar-refractivity contribution in [3.8, 4) is 0 Å². The molecule has 0 aromatic heterocycles. The fourth-order valence-corrected chi connectivity index (χ4v) is 3.48. The van der Waals surface area contributed by atoms with Gasteiger partial charge in [0.15, 0.2) is 0 Å². The van der Waals surface area contributed by atoms with Crippen LogP contribution in [0.5, 0.6) is 0 Å². The third kappa shape index (κ3) is 4.86. The maximum Gasteiger partial charge on any atom is 0.416 e. The van der Waals surface area contributed by atoms with Crippen molar-refractivity contribution in [1.82, 2.24) is 10.2 Å². The molecule has 2 aromatic carbocycles. The van der Waals surface area contributed by atoms with Gasteiger partial charge in [0.1, 0.15) is 0 Å². The van der Waals surface area contributed by atoms with Gasteiger partial charge in [-0.25, -0.2) is 0 Å². The first kappa shape index (κ1) is 20.7. The zero-order valence-electron chi connectivity index (χ0n) is 14.9. The van der Waals surface area contributed by atoms with Crippen LogP contribution in [-0.2, 0) is 12.4 Å². The minimum atomic E-state index is -4.49. The van der Waals surface area contributed by atoms with Gasteiger partial charge in [-0.15, -0.1) is 0 Å². The van der Waals surface area contributed by atoms with Gasteiger partial charge < -0.3 is 5.32 Å². The summed E-state index contributed by atoms with van der Waals surface area (Å²) in [6, 6.07) is 9.12. The number of benzene rings is 2. The van der Waals surface area contributed by atoms with E-state index in [2.05, 4.69) is 5.32 Å². The molecule has 0 bridgehead atoms. The molecule has 1 aliphatic rings. The molecule has 1 fully saturated rings. The molecule has 1 unspecified atom stereocenters. The monoisotopic (exact) mass is 402 g/mol. The minimum Gasteiger partial charge on any atom is -0.315 e. The molecule has 2 aromatic rings. The number of nitrogens with zero attached hydrogens (tertiary/aromatic N) is 1. The predicted molar refractivity (Wildman–Crippen MR) is 93.8 cm³/mol. The number of hydrogen-bond acceptors (Lipinski definition) is 2. The fraction of sp³-hybridized carbons (Fsp3) is 0.400. The van der Waals surface area contributed by atoms with Crippen molar-refractivity contribution < 1.29 is 26.3 Å². The Morgan fingerprint density at radius 3 is 2.07 bits per heavy atom. The van der Waals surface area contributed by atoms with Crippen LogP contribution < -0.4 is 5.32 Å². The van der Waals surface area contributed by atoms with Gasteiger partial charge in [-0.2, -0.15) is 26.3 Å². The van der Waals surface area contributed by atoms with Crippen LogP contribution in [0.25, 0.3) is 0 Å². The van der Waals surface area contributed by atoms with E-state index in [0.29, 0.717) is 30.8 Å². The van der Waals surface area contributed by atoms with E-state index in [1.54, 1.807) is 6.07 Å². The molecule has 1 N–H and O–H groups in total. The first-order chi connectivity index (χ1) is 13.2. The van der Waals surface area contributed by atoms with E-state index in [1.165, 1.54) is 18.2 Å². The van der Waals surface area contributed by atoms with Gasteiger partial charge in [0.2, 0.25) is 0 Å². The summed E-state index contributed by atoms with van der Waals surface area (Å²) in [6.45, 7) is 2.67. The molecule has 1 heterocycles. The van der Waals surface area contributed by atoms with Crippen LogP contribution >= 0.6 is 0 Å². The lowest BCUT2D eigenvalue weighted by molar-refractivity contribution is -0.138. The summed E-state index contributed by atoms with van der Waals surface area (Å²) in [5, 5.41) is 3.23. The molecule has 0 radical (unpaired) electrons. The van der Waals surface area contributed by atoms with Crippen molar-refractivity contribution >= 4 is 0 Å². The van der Waals surface area contributed by atoms with E-state index in [0.717, 1.165) is 37.2 Å². The average molecular weight is 402 g/mol. The lowest BCUT2D eigenvalue weighted by atomic mass is 9.94. The highest BCUT2D eigenvalue weighted by molar-refractivity contribution is 5.37. The molecule has 3 rings (SSSR count). The Morgan fingerprint density at radius 1 is 0.750 bits per heavy atom. The topological polar surface area (TPSA) is 15.3 Å². The summed E-state index contributed by atoms with van der Waals surface area (Å²) >= 11 is 0.